The van der Waals surface area contributed by atoms with Crippen molar-refractivity contribution in [2.24, 2.45) is 0 Å². The molecule has 1 aromatic heterocycles. The van der Waals surface area contributed by atoms with Crippen molar-refractivity contribution in [1.82, 2.24) is 10.3 Å². The van der Waals surface area contributed by atoms with Gasteiger partial charge in [0.2, 0.25) is 0 Å². The highest BCUT2D eigenvalue weighted by Gasteiger charge is 2.18. The van der Waals surface area contributed by atoms with Crippen LogP contribution < -0.4 is 5.32 Å². The van der Waals surface area contributed by atoms with Gasteiger partial charge in [-0.2, -0.15) is 0 Å². The zero-order valence-corrected chi connectivity index (χ0v) is 11.9. The molecule has 1 fully saturated rings. The first-order valence-electron chi connectivity index (χ1n) is 7.10. The Bertz CT molecular complexity index is 681. The Balaban J connectivity index is 1.80. The largest absolute Gasteiger partial charge is 0.376 e. The number of pyridine rings is 1. The van der Waals surface area contributed by atoms with Gasteiger partial charge in [0, 0.05) is 24.6 Å². The van der Waals surface area contributed by atoms with E-state index >= 15 is 0 Å². The van der Waals surface area contributed by atoms with E-state index < -0.39 is 0 Å². The summed E-state index contributed by atoms with van der Waals surface area (Å²) in [6, 6.07) is 6.12. The van der Waals surface area contributed by atoms with Gasteiger partial charge in [0.25, 0.3) is 5.91 Å². The van der Waals surface area contributed by atoms with Crippen LogP contribution in [0.25, 0.3) is 10.9 Å². The molecule has 1 aromatic carbocycles. The second-order valence-electron chi connectivity index (χ2n) is 5.30. The van der Waals surface area contributed by atoms with E-state index in [0.29, 0.717) is 23.3 Å². The molecule has 0 radical (unpaired) electrons. The Morgan fingerprint density at radius 3 is 3.10 bits per heavy atom. The molecular weight excluding hydrogens is 271 g/mol. The fourth-order valence-corrected chi connectivity index (χ4v) is 2.57. The average Bonchev–Trinajstić information content (AvgIpc) is 2.97. The topological polar surface area (TPSA) is 51.2 Å². The molecule has 1 saturated heterocycles. The number of rotatable bonds is 3. The maximum atomic E-state index is 13.2. The van der Waals surface area contributed by atoms with Crippen molar-refractivity contribution in [2.45, 2.75) is 25.9 Å². The van der Waals surface area contributed by atoms with Gasteiger partial charge < -0.3 is 10.1 Å². The third-order valence-electron chi connectivity index (χ3n) is 3.73. The minimum absolute atomic E-state index is 0.108. The summed E-state index contributed by atoms with van der Waals surface area (Å²) in [4.78, 5) is 16.6. The fraction of sp³-hybridized carbons (Fsp3) is 0.375. The lowest BCUT2D eigenvalue weighted by atomic mass is 10.1. The van der Waals surface area contributed by atoms with Crippen molar-refractivity contribution in [1.29, 1.82) is 0 Å². The molecule has 1 N–H and O–H groups in total. The number of hydrogen-bond acceptors (Lipinski definition) is 3. The summed E-state index contributed by atoms with van der Waals surface area (Å²) >= 11 is 0. The summed E-state index contributed by atoms with van der Waals surface area (Å²) in [7, 11) is 0. The standard InChI is InChI=1S/C16H17FN2O2/c1-10-14(16(20)18-9-13-3-2-6-21-13)7-11-4-5-12(17)8-15(11)19-10/h4-5,7-8,13H,2-3,6,9H2,1H3,(H,18,20). The number of nitrogens with one attached hydrogen (secondary N) is 1. The number of benzene rings is 1. The van der Waals surface area contributed by atoms with Gasteiger partial charge in [-0.3, -0.25) is 9.78 Å². The third-order valence-corrected chi connectivity index (χ3v) is 3.73. The molecule has 3 rings (SSSR count). The summed E-state index contributed by atoms with van der Waals surface area (Å²) in [5.41, 5.74) is 1.67. The first kappa shape index (κ1) is 13.9. The average molecular weight is 288 g/mol. The molecule has 1 unspecified atom stereocenters. The number of halogens is 1. The van der Waals surface area contributed by atoms with Crippen LogP contribution >= 0.6 is 0 Å². The molecule has 0 spiro atoms. The van der Waals surface area contributed by atoms with Crippen molar-refractivity contribution in [3.63, 3.8) is 0 Å². The fourth-order valence-electron chi connectivity index (χ4n) is 2.57. The molecule has 110 valence electrons. The van der Waals surface area contributed by atoms with Crippen LogP contribution in [0.3, 0.4) is 0 Å². The molecule has 1 aliphatic heterocycles. The molecule has 0 bridgehead atoms. The number of aromatic nitrogens is 1. The Labute approximate surface area is 122 Å². The van der Waals surface area contributed by atoms with Crippen LogP contribution in [0.15, 0.2) is 24.3 Å². The number of hydrogen-bond donors (Lipinski definition) is 1. The Morgan fingerprint density at radius 1 is 1.48 bits per heavy atom. The maximum Gasteiger partial charge on any atom is 0.253 e. The molecule has 0 saturated carbocycles. The second kappa shape index (κ2) is 5.77. The number of carbonyl (C=O) groups is 1. The van der Waals surface area contributed by atoms with E-state index in [4.69, 9.17) is 4.74 Å². The highest BCUT2D eigenvalue weighted by molar-refractivity contribution is 5.98. The van der Waals surface area contributed by atoms with Crippen LogP contribution in [0.2, 0.25) is 0 Å². The van der Waals surface area contributed by atoms with E-state index in [-0.39, 0.29) is 17.8 Å². The quantitative estimate of drug-likeness (QED) is 0.944. The summed E-state index contributed by atoms with van der Waals surface area (Å²) in [6.45, 7) is 3.04. The number of nitrogens with zero attached hydrogens (tertiary/aromatic N) is 1. The van der Waals surface area contributed by atoms with E-state index in [2.05, 4.69) is 10.3 Å². The molecule has 1 aliphatic rings. The molecule has 21 heavy (non-hydrogen) atoms. The lowest BCUT2D eigenvalue weighted by Crippen LogP contribution is -2.32. The monoisotopic (exact) mass is 288 g/mol. The zero-order valence-electron chi connectivity index (χ0n) is 11.9. The minimum atomic E-state index is -0.329. The van der Waals surface area contributed by atoms with Crippen molar-refractivity contribution in [3.8, 4) is 0 Å². The van der Waals surface area contributed by atoms with E-state index in [0.717, 1.165) is 24.8 Å². The first-order valence-corrected chi connectivity index (χ1v) is 7.10. The van der Waals surface area contributed by atoms with Gasteiger partial charge in [0.1, 0.15) is 5.82 Å². The molecule has 0 aliphatic carbocycles. The normalized spacial score (nSPS) is 18.1. The number of carbonyl (C=O) groups excluding carboxylic acids is 1. The van der Waals surface area contributed by atoms with Gasteiger partial charge >= 0.3 is 0 Å². The zero-order chi connectivity index (χ0) is 14.8. The van der Waals surface area contributed by atoms with Gasteiger partial charge in [0.15, 0.2) is 0 Å². The summed E-state index contributed by atoms with van der Waals surface area (Å²) in [5.74, 6) is -0.494. The smallest absolute Gasteiger partial charge is 0.253 e. The van der Waals surface area contributed by atoms with Crippen molar-refractivity contribution < 1.29 is 13.9 Å². The van der Waals surface area contributed by atoms with E-state index in [1.54, 1.807) is 19.1 Å². The number of fused-ring (bicyclic) bond motifs is 1. The summed E-state index contributed by atoms with van der Waals surface area (Å²) < 4.78 is 18.7. The predicted molar refractivity (Wildman–Crippen MR) is 77.7 cm³/mol. The summed E-state index contributed by atoms with van der Waals surface area (Å²) in [6.07, 6.45) is 2.13. The second-order valence-corrected chi connectivity index (χ2v) is 5.30. The number of ether oxygens (including phenoxy) is 1. The molecule has 2 aromatic rings. The molecule has 4 nitrogen and oxygen atoms in total. The lowest BCUT2D eigenvalue weighted by Gasteiger charge is -2.12. The van der Waals surface area contributed by atoms with Crippen LogP contribution in [-0.4, -0.2) is 30.1 Å². The van der Waals surface area contributed by atoms with Crippen molar-refractivity contribution in [3.05, 3.63) is 41.3 Å². The highest BCUT2D eigenvalue weighted by atomic mass is 19.1. The minimum Gasteiger partial charge on any atom is -0.376 e. The van der Waals surface area contributed by atoms with E-state index in [9.17, 15) is 9.18 Å². The van der Waals surface area contributed by atoms with Gasteiger partial charge in [0.05, 0.1) is 22.9 Å². The van der Waals surface area contributed by atoms with E-state index in [1.807, 2.05) is 0 Å². The van der Waals surface area contributed by atoms with Crippen LogP contribution in [0.1, 0.15) is 28.9 Å². The SMILES string of the molecule is Cc1nc2cc(F)ccc2cc1C(=O)NCC1CCCO1. The molecule has 1 atom stereocenters. The van der Waals surface area contributed by atoms with Crippen LogP contribution in [0.4, 0.5) is 4.39 Å². The van der Waals surface area contributed by atoms with Crippen LogP contribution in [0.5, 0.6) is 0 Å². The maximum absolute atomic E-state index is 13.2. The molecule has 5 heteroatoms. The van der Waals surface area contributed by atoms with Crippen molar-refractivity contribution >= 4 is 16.8 Å². The third kappa shape index (κ3) is 3.03. The Kier molecular flexibility index (Phi) is 3.84. The van der Waals surface area contributed by atoms with Gasteiger partial charge in [-0.15, -0.1) is 0 Å². The predicted octanol–water partition coefficient (Wildman–Crippen LogP) is 2.59. The van der Waals surface area contributed by atoms with Crippen LogP contribution in [-0.2, 0) is 4.74 Å². The van der Waals surface area contributed by atoms with E-state index in [1.165, 1.54) is 12.1 Å². The number of aryl methyl sites for hydroxylation is 1. The summed E-state index contributed by atoms with van der Waals surface area (Å²) in [5, 5.41) is 3.63. The number of amides is 1. The Hall–Kier alpha value is -2.01. The Morgan fingerprint density at radius 2 is 2.33 bits per heavy atom. The van der Waals surface area contributed by atoms with Gasteiger partial charge in [-0.05, 0) is 38.0 Å². The first-order chi connectivity index (χ1) is 10.1. The van der Waals surface area contributed by atoms with Gasteiger partial charge in [-0.25, -0.2) is 4.39 Å². The molecule has 2 heterocycles. The van der Waals surface area contributed by atoms with Gasteiger partial charge in [-0.1, -0.05) is 0 Å². The highest BCUT2D eigenvalue weighted by Crippen LogP contribution is 2.18. The van der Waals surface area contributed by atoms with Crippen molar-refractivity contribution in [2.75, 3.05) is 13.2 Å². The van der Waals surface area contributed by atoms with Crippen LogP contribution in [0, 0.1) is 12.7 Å². The molecular formula is C16H17FN2O2. The molecule has 1 amide bonds. The lowest BCUT2D eigenvalue weighted by molar-refractivity contribution is 0.0857.